The first-order valence-corrected chi connectivity index (χ1v) is 20.1. The van der Waals surface area contributed by atoms with Crippen molar-refractivity contribution in [3.63, 3.8) is 0 Å². The molecule has 0 aromatic heterocycles. The highest BCUT2D eigenvalue weighted by molar-refractivity contribution is 6.12. The van der Waals surface area contributed by atoms with Gasteiger partial charge in [-0.15, -0.1) is 0 Å². The molecule has 9 rings (SSSR count). The molecule has 278 valence electrons. The van der Waals surface area contributed by atoms with Crippen LogP contribution in [0.15, 0.2) is 216 Å². The summed E-state index contributed by atoms with van der Waals surface area (Å²) in [5, 5.41) is 0. The van der Waals surface area contributed by atoms with Gasteiger partial charge in [-0.2, -0.15) is 0 Å². The van der Waals surface area contributed by atoms with E-state index in [1.54, 1.807) is 0 Å². The molecular formula is C54H46N2O. The fourth-order valence-corrected chi connectivity index (χ4v) is 8.73. The molecule has 0 unspecified atom stereocenters. The van der Waals surface area contributed by atoms with E-state index in [1.165, 1.54) is 16.7 Å². The smallest absolute Gasteiger partial charge is 0.132 e. The number of hydrogen-bond acceptors (Lipinski definition) is 3. The fraction of sp³-hybridized carbons (Fsp3) is 0.130. The lowest BCUT2D eigenvalue weighted by atomic mass is 9.61. The van der Waals surface area contributed by atoms with Crippen LogP contribution in [-0.2, 0) is 5.41 Å². The second-order valence-electron chi connectivity index (χ2n) is 15.0. The minimum Gasteiger partial charge on any atom is -0.457 e. The number of para-hydroxylation sites is 2. The Morgan fingerprint density at radius 1 is 0.649 bits per heavy atom. The van der Waals surface area contributed by atoms with Crippen LogP contribution in [0.5, 0.6) is 11.5 Å². The lowest BCUT2D eigenvalue weighted by molar-refractivity contribution is 0.434. The zero-order valence-corrected chi connectivity index (χ0v) is 32.2. The van der Waals surface area contributed by atoms with Crippen molar-refractivity contribution in [2.24, 2.45) is 10.7 Å². The molecule has 0 radical (unpaired) electrons. The van der Waals surface area contributed by atoms with Crippen LogP contribution in [0, 0.1) is 0 Å². The van der Waals surface area contributed by atoms with Crippen molar-refractivity contribution in [1.82, 2.24) is 0 Å². The van der Waals surface area contributed by atoms with Crippen molar-refractivity contribution in [3.8, 4) is 33.8 Å². The number of allylic oxidation sites excluding steroid dienone is 12. The molecule has 0 fully saturated rings. The molecule has 1 aliphatic heterocycles. The molecule has 1 heterocycles. The predicted octanol–water partition coefficient (Wildman–Crippen LogP) is 13.5. The highest BCUT2D eigenvalue weighted by Gasteiger charge is 2.47. The number of aliphatic imine (C=N–C) groups is 1. The molecule has 0 bridgehead atoms. The van der Waals surface area contributed by atoms with Gasteiger partial charge in [0.15, 0.2) is 0 Å². The minimum atomic E-state index is -0.577. The Balaban J connectivity index is 1.13. The maximum atomic E-state index is 6.95. The van der Waals surface area contributed by atoms with Crippen molar-refractivity contribution in [2.75, 3.05) is 0 Å². The summed E-state index contributed by atoms with van der Waals surface area (Å²) in [5.74, 6) is 1.78. The molecule has 0 saturated carbocycles. The number of nitrogens with two attached hydrogens (primary N) is 1. The van der Waals surface area contributed by atoms with E-state index in [0.29, 0.717) is 5.70 Å². The van der Waals surface area contributed by atoms with Crippen LogP contribution in [0.2, 0.25) is 0 Å². The van der Waals surface area contributed by atoms with Gasteiger partial charge in [0.1, 0.15) is 11.5 Å². The van der Waals surface area contributed by atoms with E-state index < -0.39 is 5.41 Å². The van der Waals surface area contributed by atoms with Crippen molar-refractivity contribution >= 4 is 11.4 Å². The number of rotatable bonds is 9. The Morgan fingerprint density at radius 3 is 2.02 bits per heavy atom. The zero-order valence-electron chi connectivity index (χ0n) is 32.2. The molecule has 3 nitrogen and oxygen atoms in total. The Bertz CT molecular complexity index is 2590. The van der Waals surface area contributed by atoms with Gasteiger partial charge < -0.3 is 10.5 Å². The lowest BCUT2D eigenvalue weighted by Crippen LogP contribution is -2.35. The molecule has 3 heteroatoms. The lowest BCUT2D eigenvalue weighted by Gasteiger charge is -2.43. The summed E-state index contributed by atoms with van der Waals surface area (Å²) in [5.41, 5.74) is 21.2. The summed E-state index contributed by atoms with van der Waals surface area (Å²) < 4.78 is 6.61. The largest absolute Gasteiger partial charge is 0.457 e. The van der Waals surface area contributed by atoms with Crippen LogP contribution in [0.1, 0.15) is 60.8 Å². The van der Waals surface area contributed by atoms with E-state index >= 15 is 0 Å². The second kappa shape index (κ2) is 15.8. The van der Waals surface area contributed by atoms with Crippen LogP contribution < -0.4 is 10.5 Å². The molecular weight excluding hydrogens is 693 g/mol. The quantitative estimate of drug-likeness (QED) is 0.153. The third-order valence-electron chi connectivity index (χ3n) is 11.5. The van der Waals surface area contributed by atoms with Gasteiger partial charge in [-0.3, -0.25) is 0 Å². The summed E-state index contributed by atoms with van der Waals surface area (Å²) in [4.78, 5) is 5.06. The molecule has 0 amide bonds. The summed E-state index contributed by atoms with van der Waals surface area (Å²) in [7, 11) is 0. The first kappa shape index (κ1) is 36.0. The maximum absolute atomic E-state index is 6.95. The van der Waals surface area contributed by atoms with Crippen molar-refractivity contribution in [1.29, 1.82) is 0 Å². The monoisotopic (exact) mass is 738 g/mol. The van der Waals surface area contributed by atoms with Gasteiger partial charge in [0.25, 0.3) is 0 Å². The number of ether oxygens (including phenoxy) is 1. The van der Waals surface area contributed by atoms with Gasteiger partial charge in [-0.25, -0.2) is 4.99 Å². The number of fused-ring (bicyclic) bond motifs is 2. The summed E-state index contributed by atoms with van der Waals surface area (Å²) in [6.45, 7) is 4.33. The van der Waals surface area contributed by atoms with Gasteiger partial charge in [-0.1, -0.05) is 158 Å². The highest BCUT2D eigenvalue weighted by atomic mass is 16.5. The first-order valence-electron chi connectivity index (χ1n) is 20.1. The normalized spacial score (nSPS) is 17.1. The summed E-state index contributed by atoms with van der Waals surface area (Å²) in [6.07, 6.45) is 28.0. The van der Waals surface area contributed by atoms with Crippen molar-refractivity contribution in [2.45, 2.75) is 43.9 Å². The van der Waals surface area contributed by atoms with E-state index in [9.17, 15) is 0 Å². The van der Waals surface area contributed by atoms with E-state index in [1.807, 2.05) is 6.08 Å². The van der Waals surface area contributed by atoms with E-state index in [4.69, 9.17) is 15.5 Å². The standard InChI is InChI=1S/C54H46N2O/c1-38(39-19-5-2-6-20-39)56-51(40-21-7-3-8-22-40)37-50(55)44-26-18-24-42(36-44)41-23-17-25-43(35-41)46-29-11-12-30-47(46)54(45-27-9-4-10-28-45)48-31-13-15-33-52(48)57-53-34-16-14-32-49(53)54/h3,5,7,9,11-21,23-37H,1-2,4,6,8,10,22,55H2/b50-37-,56-51?. The Labute approximate surface area is 336 Å². The zero-order chi connectivity index (χ0) is 38.6. The van der Waals surface area contributed by atoms with E-state index in [-0.39, 0.29) is 0 Å². The number of nitrogens with zero attached hydrogens (tertiary/aromatic N) is 1. The SMILES string of the molecule is C=C(N=C(/C=C(\N)c1cccc(-c2cccc(-c3ccccc3C3(C4=CCCC=C4)c4ccccc4Oc4ccccc43)c2)c1)C1=CC=CCC1)C1=CCCC=C1. The van der Waals surface area contributed by atoms with E-state index in [0.717, 1.165) is 106 Å². The molecule has 5 aromatic carbocycles. The van der Waals surface area contributed by atoms with Crippen LogP contribution in [0.4, 0.5) is 0 Å². The first-order chi connectivity index (χ1) is 28.1. The average Bonchev–Trinajstić information content (AvgIpc) is 3.29. The molecule has 4 aliphatic rings. The Morgan fingerprint density at radius 2 is 1.32 bits per heavy atom. The molecule has 2 N–H and O–H groups in total. The van der Waals surface area contributed by atoms with Gasteiger partial charge in [0.05, 0.1) is 16.8 Å². The van der Waals surface area contributed by atoms with E-state index in [2.05, 4.69) is 183 Å². The summed E-state index contributed by atoms with van der Waals surface area (Å²) in [6, 6.07) is 43.4. The molecule has 3 aliphatic carbocycles. The van der Waals surface area contributed by atoms with Gasteiger partial charge in [-0.05, 0) is 119 Å². The number of hydrogen-bond donors (Lipinski definition) is 1. The van der Waals surface area contributed by atoms with Gasteiger partial charge in [0, 0.05) is 16.8 Å². The molecule has 5 aromatic rings. The van der Waals surface area contributed by atoms with Gasteiger partial charge >= 0.3 is 0 Å². The van der Waals surface area contributed by atoms with Crippen LogP contribution in [0.3, 0.4) is 0 Å². The van der Waals surface area contributed by atoms with Crippen molar-refractivity contribution < 1.29 is 4.74 Å². The Hall–Kier alpha value is -6.71. The van der Waals surface area contributed by atoms with Crippen LogP contribution >= 0.6 is 0 Å². The van der Waals surface area contributed by atoms with Crippen LogP contribution in [-0.4, -0.2) is 5.71 Å². The predicted molar refractivity (Wildman–Crippen MR) is 238 cm³/mol. The molecule has 0 saturated heterocycles. The Kier molecular flexibility index (Phi) is 9.97. The average molecular weight is 739 g/mol. The minimum absolute atomic E-state index is 0.577. The maximum Gasteiger partial charge on any atom is 0.132 e. The fourth-order valence-electron chi connectivity index (χ4n) is 8.73. The van der Waals surface area contributed by atoms with Crippen LogP contribution in [0.25, 0.3) is 28.0 Å². The number of benzene rings is 5. The molecule has 0 spiro atoms. The summed E-state index contributed by atoms with van der Waals surface area (Å²) >= 11 is 0. The second-order valence-corrected chi connectivity index (χ2v) is 15.0. The topological polar surface area (TPSA) is 47.6 Å². The molecule has 0 atom stereocenters. The van der Waals surface area contributed by atoms with Crippen molar-refractivity contribution in [3.05, 3.63) is 233 Å². The third kappa shape index (κ3) is 6.91. The third-order valence-corrected chi connectivity index (χ3v) is 11.5. The molecule has 57 heavy (non-hydrogen) atoms. The highest BCUT2D eigenvalue weighted by Crippen LogP contribution is 2.57. The van der Waals surface area contributed by atoms with Gasteiger partial charge in [0.2, 0.25) is 0 Å².